The molecule has 3 aromatic carbocycles. The van der Waals surface area contributed by atoms with Gasteiger partial charge in [-0.25, -0.2) is 18.4 Å². The van der Waals surface area contributed by atoms with Crippen LogP contribution < -0.4 is 10.6 Å². The van der Waals surface area contributed by atoms with Crippen molar-refractivity contribution in [2.45, 2.75) is 25.3 Å². The summed E-state index contributed by atoms with van der Waals surface area (Å²) in [4.78, 5) is 26.8. The van der Waals surface area contributed by atoms with E-state index in [4.69, 9.17) is 11.6 Å². The van der Waals surface area contributed by atoms with Crippen LogP contribution >= 0.6 is 11.6 Å². The summed E-state index contributed by atoms with van der Waals surface area (Å²) in [6.07, 6.45) is -0.355. The molecular weight excluding hydrogens is 476 g/mol. The Labute approximate surface area is 204 Å². The lowest BCUT2D eigenvalue weighted by Gasteiger charge is -2.33. The van der Waals surface area contributed by atoms with Crippen molar-refractivity contribution < 1.29 is 18.7 Å². The molecule has 0 atom stereocenters. The van der Waals surface area contributed by atoms with Gasteiger partial charge in [0, 0.05) is 36.6 Å². The molecule has 35 heavy (non-hydrogen) atoms. The number of piperidine rings is 1. The normalized spacial score (nSPS) is 15.5. The van der Waals surface area contributed by atoms with Crippen molar-refractivity contribution in [1.29, 1.82) is 0 Å². The number of hydrogen-bond acceptors (Lipinski definition) is 3. The van der Waals surface area contributed by atoms with Gasteiger partial charge in [0.25, 0.3) is 5.92 Å². The van der Waals surface area contributed by atoms with Crippen LogP contribution in [-0.2, 0) is 6.54 Å². The van der Waals surface area contributed by atoms with Gasteiger partial charge in [0.15, 0.2) is 0 Å². The van der Waals surface area contributed by atoms with Gasteiger partial charge in [0.05, 0.1) is 28.8 Å². The first kappa shape index (κ1) is 23.1. The van der Waals surface area contributed by atoms with Crippen molar-refractivity contribution in [2.75, 3.05) is 18.0 Å². The van der Waals surface area contributed by atoms with Crippen LogP contribution in [0.15, 0.2) is 71.5 Å². The largest absolute Gasteiger partial charge is 0.478 e. The second-order valence-corrected chi connectivity index (χ2v) is 9.14. The van der Waals surface area contributed by atoms with Gasteiger partial charge in [-0.15, -0.1) is 0 Å². The van der Waals surface area contributed by atoms with Crippen molar-refractivity contribution in [3.05, 3.63) is 93.4 Å². The molecule has 1 saturated heterocycles. The fourth-order valence-corrected chi connectivity index (χ4v) is 4.69. The summed E-state index contributed by atoms with van der Waals surface area (Å²) in [6, 6.07) is 18.9. The highest BCUT2D eigenvalue weighted by molar-refractivity contribution is 6.31. The number of hydrogen-bond donors (Lipinski definition) is 1. The minimum atomic E-state index is -2.62. The van der Waals surface area contributed by atoms with Crippen LogP contribution in [0, 0.1) is 0 Å². The van der Waals surface area contributed by atoms with Gasteiger partial charge in [0.2, 0.25) is 0 Å². The number of aromatic nitrogens is 2. The van der Waals surface area contributed by atoms with Crippen LogP contribution in [0.25, 0.3) is 16.7 Å². The zero-order valence-corrected chi connectivity index (χ0v) is 19.4. The summed E-state index contributed by atoms with van der Waals surface area (Å²) in [7, 11) is 0. The lowest BCUT2D eigenvalue weighted by atomic mass is 10.1. The Morgan fingerprint density at radius 2 is 1.63 bits per heavy atom. The molecule has 0 amide bonds. The summed E-state index contributed by atoms with van der Waals surface area (Å²) in [5, 5.41) is 9.77. The van der Waals surface area contributed by atoms with E-state index in [0.29, 0.717) is 27.3 Å². The molecule has 1 aliphatic heterocycles. The molecule has 0 unspecified atom stereocenters. The molecule has 180 valence electrons. The van der Waals surface area contributed by atoms with E-state index in [1.54, 1.807) is 57.7 Å². The van der Waals surface area contributed by atoms with Gasteiger partial charge >= 0.3 is 11.7 Å². The minimum Gasteiger partial charge on any atom is -0.478 e. The van der Waals surface area contributed by atoms with E-state index >= 15 is 0 Å². The number of carboxylic acid groups (broad SMARTS) is 1. The molecule has 1 fully saturated rings. The van der Waals surface area contributed by atoms with Crippen molar-refractivity contribution in [2.24, 2.45) is 0 Å². The molecule has 1 N–H and O–H groups in total. The van der Waals surface area contributed by atoms with E-state index < -0.39 is 11.9 Å². The summed E-state index contributed by atoms with van der Waals surface area (Å²) >= 11 is 6.25. The highest BCUT2D eigenvalue weighted by Crippen LogP contribution is 2.31. The molecule has 0 radical (unpaired) electrons. The third kappa shape index (κ3) is 4.53. The maximum absolute atomic E-state index is 13.6. The number of halogens is 3. The first-order valence-corrected chi connectivity index (χ1v) is 11.6. The van der Waals surface area contributed by atoms with Crippen molar-refractivity contribution in [1.82, 2.24) is 9.13 Å². The predicted molar refractivity (Wildman–Crippen MR) is 131 cm³/mol. The number of imidazole rings is 1. The van der Waals surface area contributed by atoms with Gasteiger partial charge in [0.1, 0.15) is 0 Å². The lowest BCUT2D eigenvalue weighted by molar-refractivity contribution is -0.0220. The van der Waals surface area contributed by atoms with Crippen LogP contribution in [0.4, 0.5) is 14.5 Å². The molecule has 0 aliphatic carbocycles. The number of alkyl halides is 2. The minimum absolute atomic E-state index is 0.147. The van der Waals surface area contributed by atoms with Crippen LogP contribution in [0.1, 0.15) is 28.8 Å². The van der Waals surface area contributed by atoms with Gasteiger partial charge in [-0.3, -0.25) is 9.13 Å². The Morgan fingerprint density at radius 3 is 2.31 bits per heavy atom. The molecule has 0 bridgehead atoms. The summed E-state index contributed by atoms with van der Waals surface area (Å²) < 4.78 is 30.2. The van der Waals surface area contributed by atoms with Gasteiger partial charge < -0.3 is 10.0 Å². The molecule has 0 spiro atoms. The van der Waals surface area contributed by atoms with Crippen LogP contribution in [0.5, 0.6) is 0 Å². The Kier molecular flexibility index (Phi) is 5.84. The van der Waals surface area contributed by atoms with E-state index in [0.717, 1.165) is 5.69 Å². The highest BCUT2D eigenvalue weighted by atomic mass is 35.5. The maximum Gasteiger partial charge on any atom is 0.335 e. The predicted octanol–water partition coefficient (Wildman–Crippen LogP) is 5.43. The second kappa shape index (κ2) is 8.85. The number of anilines is 1. The van der Waals surface area contributed by atoms with Crippen LogP contribution in [-0.4, -0.2) is 39.2 Å². The number of rotatable bonds is 5. The summed E-state index contributed by atoms with van der Waals surface area (Å²) in [5.74, 6) is -3.65. The molecule has 4 aromatic rings. The first-order chi connectivity index (χ1) is 16.7. The Morgan fingerprint density at radius 1 is 0.943 bits per heavy atom. The average molecular weight is 498 g/mol. The third-order valence-electron chi connectivity index (χ3n) is 6.37. The molecule has 9 heteroatoms. The average Bonchev–Trinajstić information content (AvgIpc) is 3.09. The first-order valence-electron chi connectivity index (χ1n) is 11.2. The van der Waals surface area contributed by atoms with Gasteiger partial charge in [-0.2, -0.15) is 0 Å². The number of nitrogens with zero attached hydrogens (tertiary/aromatic N) is 3. The van der Waals surface area contributed by atoms with Crippen molar-refractivity contribution in [3.8, 4) is 5.69 Å². The molecule has 2 heterocycles. The number of fused-ring (bicyclic) bond motifs is 1. The molecule has 1 aromatic heterocycles. The number of aromatic carboxylic acids is 1. The smallest absolute Gasteiger partial charge is 0.335 e. The maximum atomic E-state index is 13.6. The lowest BCUT2D eigenvalue weighted by Crippen LogP contribution is -2.39. The van der Waals surface area contributed by atoms with Crippen molar-refractivity contribution in [3.63, 3.8) is 0 Å². The molecule has 0 saturated carbocycles. The number of carbonyl (C=O) groups is 1. The third-order valence-corrected chi connectivity index (χ3v) is 6.61. The van der Waals surface area contributed by atoms with Gasteiger partial charge in [-0.1, -0.05) is 23.7 Å². The van der Waals surface area contributed by atoms with Crippen molar-refractivity contribution >= 4 is 34.3 Å². The van der Waals surface area contributed by atoms with Crippen LogP contribution in [0.2, 0.25) is 5.02 Å². The second-order valence-electron chi connectivity index (χ2n) is 8.70. The van der Waals surface area contributed by atoms with E-state index in [1.165, 1.54) is 6.07 Å². The SMILES string of the molecule is O=C(O)c1cccc(Cn2c(=O)n(-c3ccc(N4CCC(F)(F)CC4)cc3)c3cc(Cl)ccc32)c1. The van der Waals surface area contributed by atoms with Crippen LogP contribution in [0.3, 0.4) is 0 Å². The van der Waals surface area contributed by atoms with E-state index in [9.17, 15) is 23.5 Å². The summed E-state index contributed by atoms with van der Waals surface area (Å²) in [6.45, 7) is 0.735. The standard InChI is InChI=1S/C26H22ClF2N3O3/c27-19-4-9-22-23(15-19)32(25(35)31(22)16-17-2-1-3-18(14-17)24(33)34)21-7-5-20(6-8-21)30-12-10-26(28,29)11-13-30/h1-9,14-15H,10-13,16H2,(H,33,34). The topological polar surface area (TPSA) is 67.5 Å². The fourth-order valence-electron chi connectivity index (χ4n) is 4.52. The quantitative estimate of drug-likeness (QED) is 0.399. The number of benzene rings is 3. The molecular formula is C26H22ClF2N3O3. The molecule has 6 nitrogen and oxygen atoms in total. The molecule has 1 aliphatic rings. The number of carboxylic acids is 1. The Hall–Kier alpha value is -3.65. The fraction of sp³-hybridized carbons (Fsp3) is 0.231. The zero-order chi connectivity index (χ0) is 24.7. The highest BCUT2D eigenvalue weighted by Gasteiger charge is 2.34. The Bertz CT molecular complexity index is 1470. The monoisotopic (exact) mass is 497 g/mol. The molecule has 5 rings (SSSR count). The van der Waals surface area contributed by atoms with E-state index in [2.05, 4.69) is 0 Å². The Balaban J connectivity index is 1.53. The zero-order valence-electron chi connectivity index (χ0n) is 18.6. The van der Waals surface area contributed by atoms with E-state index in [-0.39, 0.29) is 43.7 Å². The van der Waals surface area contributed by atoms with Gasteiger partial charge in [-0.05, 0) is 60.2 Å². The van der Waals surface area contributed by atoms with E-state index in [1.807, 2.05) is 17.0 Å². The summed E-state index contributed by atoms with van der Waals surface area (Å²) in [5.41, 5.74) is 3.24.